The molecule has 4 nitrogen and oxygen atoms in total. The Labute approximate surface area is 126 Å². The van der Waals surface area contributed by atoms with Gasteiger partial charge in [-0.05, 0) is 49.9 Å². The molecule has 1 aromatic heterocycles. The minimum Gasteiger partial charge on any atom is -0.487 e. The van der Waals surface area contributed by atoms with E-state index in [0.717, 1.165) is 34.6 Å². The van der Waals surface area contributed by atoms with Crippen LogP contribution in [-0.2, 0) is 13.2 Å². The fraction of sp³-hybridized carbons (Fsp3) is 0.471. The molecule has 1 atom stereocenters. The molecule has 1 unspecified atom stereocenters. The van der Waals surface area contributed by atoms with Gasteiger partial charge in [-0.15, -0.1) is 0 Å². The van der Waals surface area contributed by atoms with E-state index in [9.17, 15) is 0 Å². The largest absolute Gasteiger partial charge is 0.487 e. The molecule has 2 rings (SSSR count). The maximum absolute atomic E-state index is 5.96. The summed E-state index contributed by atoms with van der Waals surface area (Å²) in [5, 5.41) is 4.56. The first-order valence-corrected chi connectivity index (χ1v) is 7.52. The topological polar surface area (TPSA) is 53.1 Å². The average Bonchev–Trinajstić information content (AvgIpc) is 2.94. The molecule has 0 bridgehead atoms. The van der Waals surface area contributed by atoms with Crippen LogP contribution >= 0.6 is 0 Å². The Morgan fingerprint density at radius 3 is 2.52 bits per heavy atom. The molecule has 21 heavy (non-hydrogen) atoms. The number of benzene rings is 1. The maximum Gasteiger partial charge on any atom is 0.132 e. The lowest BCUT2D eigenvalue weighted by Crippen LogP contribution is -2.06. The molecule has 4 heteroatoms. The first-order chi connectivity index (χ1) is 10.0. The van der Waals surface area contributed by atoms with Crippen LogP contribution in [0.3, 0.4) is 0 Å². The van der Waals surface area contributed by atoms with Gasteiger partial charge in [0.05, 0.1) is 5.69 Å². The summed E-state index contributed by atoms with van der Waals surface area (Å²) < 4.78 is 7.96. The van der Waals surface area contributed by atoms with Crippen LogP contribution in [0.25, 0.3) is 0 Å². The van der Waals surface area contributed by atoms with Crippen molar-refractivity contribution in [2.75, 3.05) is 0 Å². The Kier molecular flexibility index (Phi) is 5.02. The highest BCUT2D eigenvalue weighted by atomic mass is 16.5. The highest BCUT2D eigenvalue weighted by Gasteiger charge is 2.09. The van der Waals surface area contributed by atoms with Crippen LogP contribution in [0.2, 0.25) is 0 Å². The number of aromatic nitrogens is 2. The molecule has 0 fully saturated rings. The quantitative estimate of drug-likeness (QED) is 0.884. The molecule has 0 amide bonds. The van der Waals surface area contributed by atoms with E-state index in [1.54, 1.807) is 0 Å². The third-order valence-electron chi connectivity index (χ3n) is 3.83. The Morgan fingerprint density at radius 2 is 1.95 bits per heavy atom. The van der Waals surface area contributed by atoms with Crippen LogP contribution in [0, 0.1) is 13.8 Å². The van der Waals surface area contributed by atoms with Crippen molar-refractivity contribution in [3.8, 4) is 5.75 Å². The summed E-state index contributed by atoms with van der Waals surface area (Å²) in [5.41, 5.74) is 10.0. The van der Waals surface area contributed by atoms with E-state index in [0.29, 0.717) is 19.2 Å². The Morgan fingerprint density at radius 1 is 1.29 bits per heavy atom. The fourth-order valence-electron chi connectivity index (χ4n) is 2.42. The predicted molar refractivity (Wildman–Crippen MR) is 85.4 cm³/mol. The van der Waals surface area contributed by atoms with Gasteiger partial charge in [0.25, 0.3) is 0 Å². The van der Waals surface area contributed by atoms with Crippen LogP contribution in [0.15, 0.2) is 24.4 Å². The normalized spacial score (nSPS) is 12.4. The van der Waals surface area contributed by atoms with Crippen LogP contribution in [0.4, 0.5) is 0 Å². The monoisotopic (exact) mass is 287 g/mol. The van der Waals surface area contributed by atoms with Crippen LogP contribution < -0.4 is 10.5 Å². The second kappa shape index (κ2) is 6.76. The number of nitrogens with two attached hydrogens (primary N) is 1. The smallest absolute Gasteiger partial charge is 0.132 e. The van der Waals surface area contributed by atoms with Gasteiger partial charge in [0.1, 0.15) is 12.4 Å². The SMILES string of the molecule is CCC(C)n1ccc(COc2c(C)cc(CN)cc2C)n1. The maximum atomic E-state index is 5.96. The lowest BCUT2D eigenvalue weighted by molar-refractivity contribution is 0.294. The van der Waals surface area contributed by atoms with Gasteiger partial charge in [0, 0.05) is 18.8 Å². The Bertz CT molecular complexity index is 581. The summed E-state index contributed by atoms with van der Waals surface area (Å²) >= 11 is 0. The Balaban J connectivity index is 2.08. The lowest BCUT2D eigenvalue weighted by Gasteiger charge is -2.13. The van der Waals surface area contributed by atoms with Gasteiger partial charge in [0.15, 0.2) is 0 Å². The number of aryl methyl sites for hydroxylation is 2. The van der Waals surface area contributed by atoms with Crippen LogP contribution in [-0.4, -0.2) is 9.78 Å². The molecule has 114 valence electrons. The molecule has 0 radical (unpaired) electrons. The molecule has 0 aliphatic carbocycles. The molecular weight excluding hydrogens is 262 g/mol. The van der Waals surface area contributed by atoms with Gasteiger partial charge in [-0.2, -0.15) is 5.10 Å². The van der Waals surface area contributed by atoms with Crippen LogP contribution in [0.5, 0.6) is 5.75 Å². The van der Waals surface area contributed by atoms with Gasteiger partial charge in [-0.25, -0.2) is 0 Å². The first-order valence-electron chi connectivity index (χ1n) is 7.52. The molecule has 0 saturated heterocycles. The molecule has 2 N–H and O–H groups in total. The zero-order valence-corrected chi connectivity index (χ0v) is 13.4. The van der Waals surface area contributed by atoms with Gasteiger partial charge in [0.2, 0.25) is 0 Å². The van der Waals surface area contributed by atoms with Gasteiger partial charge >= 0.3 is 0 Å². The van der Waals surface area contributed by atoms with E-state index in [4.69, 9.17) is 10.5 Å². The lowest BCUT2D eigenvalue weighted by atomic mass is 10.1. The van der Waals surface area contributed by atoms with Crippen molar-refractivity contribution in [1.82, 2.24) is 9.78 Å². The van der Waals surface area contributed by atoms with E-state index in [-0.39, 0.29) is 0 Å². The second-order valence-corrected chi connectivity index (χ2v) is 5.60. The molecule has 0 aliphatic rings. The van der Waals surface area contributed by atoms with Crippen LogP contribution in [0.1, 0.15) is 48.7 Å². The standard InChI is InChI=1S/C17H25N3O/c1-5-14(4)20-7-6-16(19-20)11-21-17-12(2)8-15(10-18)9-13(17)3/h6-9,14H,5,10-11,18H2,1-4H3. The molecule has 2 aromatic rings. The zero-order chi connectivity index (χ0) is 15.4. The molecule has 1 heterocycles. The van der Waals surface area contributed by atoms with Crippen molar-refractivity contribution in [3.63, 3.8) is 0 Å². The third kappa shape index (κ3) is 3.64. The predicted octanol–water partition coefficient (Wildman–Crippen LogP) is 3.51. The average molecular weight is 287 g/mol. The zero-order valence-electron chi connectivity index (χ0n) is 13.4. The number of hydrogen-bond donors (Lipinski definition) is 1. The van der Waals surface area contributed by atoms with Crippen molar-refractivity contribution in [2.24, 2.45) is 5.73 Å². The Hall–Kier alpha value is -1.81. The summed E-state index contributed by atoms with van der Waals surface area (Å²) in [4.78, 5) is 0. The number of ether oxygens (including phenoxy) is 1. The fourth-order valence-corrected chi connectivity index (χ4v) is 2.42. The molecule has 1 aromatic carbocycles. The molecule has 0 aliphatic heterocycles. The van der Waals surface area contributed by atoms with Gasteiger partial charge < -0.3 is 10.5 Å². The van der Waals surface area contributed by atoms with Gasteiger partial charge in [-0.1, -0.05) is 19.1 Å². The van der Waals surface area contributed by atoms with E-state index in [1.807, 2.05) is 16.9 Å². The van der Waals surface area contributed by atoms with Crippen molar-refractivity contribution >= 4 is 0 Å². The molecule has 0 saturated carbocycles. The molecule has 0 spiro atoms. The summed E-state index contributed by atoms with van der Waals surface area (Å²) in [5.74, 6) is 0.935. The van der Waals surface area contributed by atoms with E-state index in [1.165, 1.54) is 0 Å². The summed E-state index contributed by atoms with van der Waals surface area (Å²) in [6.45, 7) is 9.48. The second-order valence-electron chi connectivity index (χ2n) is 5.60. The number of hydrogen-bond acceptors (Lipinski definition) is 3. The number of rotatable bonds is 6. The van der Waals surface area contributed by atoms with E-state index >= 15 is 0 Å². The van der Waals surface area contributed by atoms with E-state index in [2.05, 4.69) is 44.9 Å². The highest BCUT2D eigenvalue weighted by Crippen LogP contribution is 2.25. The third-order valence-corrected chi connectivity index (χ3v) is 3.83. The van der Waals surface area contributed by atoms with E-state index < -0.39 is 0 Å². The van der Waals surface area contributed by atoms with Crippen molar-refractivity contribution in [2.45, 2.75) is 53.3 Å². The van der Waals surface area contributed by atoms with Crippen molar-refractivity contribution < 1.29 is 4.74 Å². The number of nitrogens with zero attached hydrogens (tertiary/aromatic N) is 2. The summed E-state index contributed by atoms with van der Waals surface area (Å²) in [6, 6.07) is 6.61. The highest BCUT2D eigenvalue weighted by molar-refractivity contribution is 5.43. The minimum atomic E-state index is 0.422. The van der Waals surface area contributed by atoms with Gasteiger partial charge in [-0.3, -0.25) is 4.68 Å². The van der Waals surface area contributed by atoms with Crippen molar-refractivity contribution in [3.05, 3.63) is 46.8 Å². The summed E-state index contributed by atoms with van der Waals surface area (Å²) in [6.07, 6.45) is 3.09. The molecular formula is C17H25N3O. The van der Waals surface area contributed by atoms with Crippen molar-refractivity contribution in [1.29, 1.82) is 0 Å². The first kappa shape index (κ1) is 15.6. The summed E-state index contributed by atoms with van der Waals surface area (Å²) in [7, 11) is 0. The minimum absolute atomic E-state index is 0.422.